The first kappa shape index (κ1) is 15.2. The van der Waals surface area contributed by atoms with E-state index in [1.54, 1.807) is 0 Å². The zero-order valence-electron chi connectivity index (χ0n) is 11.5. The summed E-state index contributed by atoms with van der Waals surface area (Å²) in [4.78, 5) is 6.54. The summed E-state index contributed by atoms with van der Waals surface area (Å²) in [6.07, 6.45) is 0. The quantitative estimate of drug-likeness (QED) is 0.855. The van der Waals surface area contributed by atoms with Crippen molar-refractivity contribution in [2.75, 3.05) is 26.3 Å². The van der Waals surface area contributed by atoms with Crippen molar-refractivity contribution in [2.45, 2.75) is 13.5 Å². The first-order valence-corrected chi connectivity index (χ1v) is 7.03. The minimum absolute atomic E-state index is 0.0458. The molecule has 2 aromatic rings. The van der Waals surface area contributed by atoms with Crippen molar-refractivity contribution in [3.63, 3.8) is 0 Å². The van der Waals surface area contributed by atoms with Gasteiger partial charge in [0, 0.05) is 25.0 Å². The molecule has 0 bridgehead atoms. The van der Waals surface area contributed by atoms with Crippen LogP contribution in [0.25, 0.3) is 10.9 Å². The summed E-state index contributed by atoms with van der Waals surface area (Å²) >= 11 is 6.40. The second-order valence-corrected chi connectivity index (χ2v) is 5.12. The summed E-state index contributed by atoms with van der Waals surface area (Å²) < 4.78 is 0. The van der Waals surface area contributed by atoms with Gasteiger partial charge in [0.1, 0.15) is 0 Å². The molecule has 0 aliphatic heterocycles. The van der Waals surface area contributed by atoms with Gasteiger partial charge in [-0.1, -0.05) is 29.8 Å². The second kappa shape index (κ2) is 6.99. The lowest BCUT2D eigenvalue weighted by Crippen LogP contribution is -2.30. The smallest absolute Gasteiger partial charge is 0.0740 e. The first-order valence-electron chi connectivity index (χ1n) is 6.65. The molecule has 5 heteroatoms. The van der Waals surface area contributed by atoms with E-state index in [-0.39, 0.29) is 13.2 Å². The van der Waals surface area contributed by atoms with E-state index in [9.17, 15) is 0 Å². The van der Waals surface area contributed by atoms with Crippen LogP contribution in [-0.2, 0) is 6.54 Å². The van der Waals surface area contributed by atoms with Gasteiger partial charge in [-0.05, 0) is 18.6 Å². The van der Waals surface area contributed by atoms with Crippen LogP contribution >= 0.6 is 11.6 Å². The maximum atomic E-state index is 9.06. The van der Waals surface area contributed by atoms with E-state index >= 15 is 0 Å². The van der Waals surface area contributed by atoms with Crippen LogP contribution in [0.4, 0.5) is 0 Å². The number of halogens is 1. The molecule has 1 aromatic heterocycles. The molecule has 0 aliphatic carbocycles. The normalized spacial score (nSPS) is 11.4. The molecule has 0 aliphatic rings. The molecule has 0 saturated carbocycles. The largest absolute Gasteiger partial charge is 0.395 e. The molecular weight excluding hydrogens is 276 g/mol. The number of rotatable bonds is 6. The monoisotopic (exact) mass is 294 g/mol. The molecule has 0 atom stereocenters. The molecule has 108 valence electrons. The molecule has 0 radical (unpaired) electrons. The predicted octanol–water partition coefficient (Wildman–Crippen LogP) is 1.98. The van der Waals surface area contributed by atoms with Crippen molar-refractivity contribution in [1.82, 2.24) is 9.88 Å². The average molecular weight is 295 g/mol. The Hall–Kier alpha value is -1.20. The maximum Gasteiger partial charge on any atom is 0.0740 e. The SMILES string of the molecule is Cc1c(Cl)c(CN(CCO)CCO)nc2ccccc12. The average Bonchev–Trinajstić information content (AvgIpc) is 2.45. The van der Waals surface area contributed by atoms with Crippen LogP contribution in [0.2, 0.25) is 5.02 Å². The van der Waals surface area contributed by atoms with Crippen molar-refractivity contribution >= 4 is 22.5 Å². The predicted molar refractivity (Wildman–Crippen MR) is 80.9 cm³/mol. The zero-order chi connectivity index (χ0) is 14.5. The third-order valence-electron chi connectivity index (χ3n) is 3.35. The molecule has 1 aromatic carbocycles. The molecule has 20 heavy (non-hydrogen) atoms. The number of fused-ring (bicyclic) bond motifs is 1. The van der Waals surface area contributed by atoms with Gasteiger partial charge in [0.05, 0.1) is 29.4 Å². The minimum atomic E-state index is 0.0458. The Labute approximate surface area is 123 Å². The van der Waals surface area contributed by atoms with Gasteiger partial charge in [0.2, 0.25) is 0 Å². The molecule has 0 amide bonds. The lowest BCUT2D eigenvalue weighted by Gasteiger charge is -2.21. The third-order valence-corrected chi connectivity index (χ3v) is 3.85. The Kier molecular flexibility index (Phi) is 5.31. The molecule has 0 saturated heterocycles. The minimum Gasteiger partial charge on any atom is -0.395 e. The van der Waals surface area contributed by atoms with Crippen molar-refractivity contribution < 1.29 is 10.2 Å². The molecule has 0 spiro atoms. The van der Waals surface area contributed by atoms with E-state index in [1.807, 2.05) is 36.1 Å². The summed E-state index contributed by atoms with van der Waals surface area (Å²) in [5, 5.41) is 19.8. The van der Waals surface area contributed by atoms with Gasteiger partial charge in [0.25, 0.3) is 0 Å². The van der Waals surface area contributed by atoms with E-state index in [0.717, 1.165) is 22.2 Å². The van der Waals surface area contributed by atoms with Crippen molar-refractivity contribution in [1.29, 1.82) is 0 Å². The Morgan fingerprint density at radius 2 is 1.80 bits per heavy atom. The third kappa shape index (κ3) is 3.27. The molecule has 4 nitrogen and oxygen atoms in total. The highest BCUT2D eigenvalue weighted by Crippen LogP contribution is 2.27. The summed E-state index contributed by atoms with van der Waals surface area (Å²) in [7, 11) is 0. The number of aryl methyl sites for hydroxylation is 1. The molecule has 2 N–H and O–H groups in total. The summed E-state index contributed by atoms with van der Waals surface area (Å²) in [5.41, 5.74) is 2.71. The topological polar surface area (TPSA) is 56.6 Å². The van der Waals surface area contributed by atoms with Gasteiger partial charge in [-0.25, -0.2) is 4.98 Å². The van der Waals surface area contributed by atoms with E-state index in [0.29, 0.717) is 24.7 Å². The van der Waals surface area contributed by atoms with Crippen LogP contribution in [-0.4, -0.2) is 46.4 Å². The number of hydrogen-bond acceptors (Lipinski definition) is 4. The summed E-state index contributed by atoms with van der Waals surface area (Å²) in [6, 6.07) is 7.89. The number of aliphatic hydroxyl groups is 2. The highest BCUT2D eigenvalue weighted by molar-refractivity contribution is 6.32. The van der Waals surface area contributed by atoms with E-state index in [4.69, 9.17) is 21.8 Å². The number of para-hydroxylation sites is 1. The molecule has 0 unspecified atom stereocenters. The number of aromatic nitrogens is 1. The van der Waals surface area contributed by atoms with Gasteiger partial charge in [-0.15, -0.1) is 0 Å². The number of hydrogen-bond donors (Lipinski definition) is 2. The fourth-order valence-corrected chi connectivity index (χ4v) is 2.49. The van der Waals surface area contributed by atoms with Gasteiger partial charge in [-0.3, -0.25) is 4.90 Å². The van der Waals surface area contributed by atoms with Crippen molar-refractivity contribution in [2.24, 2.45) is 0 Å². The van der Waals surface area contributed by atoms with Gasteiger partial charge in [0.15, 0.2) is 0 Å². The van der Waals surface area contributed by atoms with Crippen LogP contribution in [0.15, 0.2) is 24.3 Å². The van der Waals surface area contributed by atoms with Crippen LogP contribution in [0.1, 0.15) is 11.3 Å². The van der Waals surface area contributed by atoms with Crippen molar-refractivity contribution in [3.05, 3.63) is 40.5 Å². The van der Waals surface area contributed by atoms with E-state index < -0.39 is 0 Å². The van der Waals surface area contributed by atoms with Crippen LogP contribution in [0.5, 0.6) is 0 Å². The maximum absolute atomic E-state index is 9.06. The lowest BCUT2D eigenvalue weighted by molar-refractivity contribution is 0.155. The molecular formula is C15H19ClN2O2. The summed E-state index contributed by atoms with van der Waals surface area (Å²) in [5.74, 6) is 0. The highest BCUT2D eigenvalue weighted by Gasteiger charge is 2.13. The Morgan fingerprint density at radius 3 is 2.45 bits per heavy atom. The van der Waals surface area contributed by atoms with Crippen LogP contribution < -0.4 is 0 Å². The van der Waals surface area contributed by atoms with Crippen molar-refractivity contribution in [3.8, 4) is 0 Å². The Bertz CT molecular complexity index is 583. The number of pyridine rings is 1. The van der Waals surface area contributed by atoms with E-state index in [1.165, 1.54) is 0 Å². The number of benzene rings is 1. The van der Waals surface area contributed by atoms with Crippen LogP contribution in [0.3, 0.4) is 0 Å². The van der Waals surface area contributed by atoms with Gasteiger partial charge >= 0.3 is 0 Å². The van der Waals surface area contributed by atoms with E-state index in [2.05, 4.69) is 4.98 Å². The summed E-state index contributed by atoms with van der Waals surface area (Å²) in [6.45, 7) is 3.58. The standard InChI is InChI=1S/C15H19ClN2O2/c1-11-12-4-2-3-5-13(12)17-14(15(11)16)10-18(6-8-19)7-9-20/h2-5,19-20H,6-10H2,1H3. The molecule has 0 fully saturated rings. The molecule has 2 rings (SSSR count). The Morgan fingerprint density at radius 1 is 1.15 bits per heavy atom. The second-order valence-electron chi connectivity index (χ2n) is 4.74. The number of nitrogens with zero attached hydrogens (tertiary/aromatic N) is 2. The number of aliphatic hydroxyl groups excluding tert-OH is 2. The molecule has 1 heterocycles. The Balaban J connectivity index is 2.36. The highest BCUT2D eigenvalue weighted by atomic mass is 35.5. The van der Waals surface area contributed by atoms with Gasteiger partial charge in [-0.2, -0.15) is 0 Å². The zero-order valence-corrected chi connectivity index (χ0v) is 12.3. The van der Waals surface area contributed by atoms with Gasteiger partial charge < -0.3 is 10.2 Å². The van der Waals surface area contributed by atoms with Crippen LogP contribution in [0, 0.1) is 6.92 Å². The fraction of sp³-hybridized carbons (Fsp3) is 0.400. The first-order chi connectivity index (χ1) is 9.67. The fourth-order valence-electron chi connectivity index (χ4n) is 2.29. The lowest BCUT2D eigenvalue weighted by atomic mass is 10.1.